The first-order valence-electron chi connectivity index (χ1n) is 6.85. The molecular formula is C16H13BrFN5. The Kier molecular flexibility index (Phi) is 4.47. The summed E-state index contributed by atoms with van der Waals surface area (Å²) >= 11 is 3.24. The van der Waals surface area contributed by atoms with Gasteiger partial charge in [0, 0.05) is 35.5 Å². The van der Waals surface area contributed by atoms with E-state index in [0.717, 1.165) is 5.56 Å². The Labute approximate surface area is 141 Å². The fraction of sp³-hybridized carbons (Fsp3) is 0.0625. The molecule has 3 aromatic rings. The summed E-state index contributed by atoms with van der Waals surface area (Å²) in [5, 5.41) is 5.89. The lowest BCUT2D eigenvalue weighted by molar-refractivity contribution is 0.631. The van der Waals surface area contributed by atoms with Gasteiger partial charge in [-0.05, 0) is 30.3 Å². The van der Waals surface area contributed by atoms with Gasteiger partial charge in [0.15, 0.2) is 0 Å². The number of nitrogens with zero attached hydrogens (tertiary/aromatic N) is 3. The Bertz CT molecular complexity index is 826. The zero-order valence-corrected chi connectivity index (χ0v) is 13.8. The zero-order valence-electron chi connectivity index (χ0n) is 12.2. The van der Waals surface area contributed by atoms with Crippen LogP contribution in [0.15, 0.2) is 53.3 Å². The lowest BCUT2D eigenvalue weighted by Crippen LogP contribution is -2.03. The molecule has 0 unspecified atom stereocenters. The van der Waals surface area contributed by atoms with Crippen LogP contribution in [-0.4, -0.2) is 22.0 Å². The van der Waals surface area contributed by atoms with Crippen LogP contribution in [0.5, 0.6) is 0 Å². The minimum atomic E-state index is -0.366. The number of nitrogens with one attached hydrogen (secondary N) is 2. The highest BCUT2D eigenvalue weighted by atomic mass is 79.9. The first kappa shape index (κ1) is 15.4. The molecule has 0 atom stereocenters. The average molecular weight is 374 g/mol. The molecule has 0 radical (unpaired) electrons. The molecule has 23 heavy (non-hydrogen) atoms. The second kappa shape index (κ2) is 6.70. The summed E-state index contributed by atoms with van der Waals surface area (Å²) in [7, 11) is 1.73. The van der Waals surface area contributed by atoms with Crippen LogP contribution in [0.2, 0.25) is 0 Å². The summed E-state index contributed by atoms with van der Waals surface area (Å²) in [5.41, 5.74) is 1.96. The number of anilines is 3. The third-order valence-corrected chi connectivity index (χ3v) is 3.61. The topological polar surface area (TPSA) is 62.7 Å². The number of aromatic nitrogens is 3. The average Bonchev–Trinajstić information content (AvgIpc) is 2.58. The van der Waals surface area contributed by atoms with Crippen LogP contribution in [0.3, 0.4) is 0 Å². The van der Waals surface area contributed by atoms with E-state index >= 15 is 0 Å². The molecule has 2 N–H and O–H groups in total. The van der Waals surface area contributed by atoms with Gasteiger partial charge >= 0.3 is 0 Å². The third kappa shape index (κ3) is 3.62. The molecule has 0 bridgehead atoms. The molecule has 0 aliphatic heterocycles. The van der Waals surface area contributed by atoms with Gasteiger partial charge in [-0.15, -0.1) is 0 Å². The summed E-state index contributed by atoms with van der Waals surface area (Å²) in [6.07, 6.45) is 3.38. The second-order valence-corrected chi connectivity index (χ2v) is 5.61. The largest absolute Gasteiger partial charge is 0.357 e. The normalized spacial score (nSPS) is 10.4. The van der Waals surface area contributed by atoms with E-state index in [9.17, 15) is 4.39 Å². The van der Waals surface area contributed by atoms with E-state index in [0.29, 0.717) is 27.6 Å². The molecule has 116 valence electrons. The molecule has 0 saturated carbocycles. The minimum Gasteiger partial charge on any atom is -0.357 e. The van der Waals surface area contributed by atoms with Crippen LogP contribution in [0.4, 0.5) is 21.8 Å². The number of benzene rings is 1. The summed E-state index contributed by atoms with van der Waals surface area (Å²) in [6.45, 7) is 0. The van der Waals surface area contributed by atoms with E-state index in [4.69, 9.17) is 0 Å². The Balaban J connectivity index is 1.99. The van der Waals surface area contributed by atoms with E-state index in [1.54, 1.807) is 37.6 Å². The molecule has 0 saturated heterocycles. The molecule has 1 aromatic carbocycles. The van der Waals surface area contributed by atoms with Gasteiger partial charge in [0.25, 0.3) is 0 Å². The van der Waals surface area contributed by atoms with Crippen LogP contribution in [0, 0.1) is 5.82 Å². The van der Waals surface area contributed by atoms with Crippen molar-refractivity contribution in [2.24, 2.45) is 0 Å². The van der Waals surface area contributed by atoms with Crippen molar-refractivity contribution in [1.29, 1.82) is 0 Å². The third-order valence-electron chi connectivity index (χ3n) is 3.12. The van der Waals surface area contributed by atoms with Gasteiger partial charge in [-0.1, -0.05) is 15.9 Å². The van der Waals surface area contributed by atoms with Gasteiger partial charge in [-0.3, -0.25) is 4.98 Å². The maximum absolute atomic E-state index is 14.0. The Morgan fingerprint density at radius 3 is 2.52 bits per heavy atom. The summed E-state index contributed by atoms with van der Waals surface area (Å²) < 4.78 is 14.7. The summed E-state index contributed by atoms with van der Waals surface area (Å²) in [6, 6.07) is 10.3. The van der Waals surface area contributed by atoms with Crippen molar-refractivity contribution in [1.82, 2.24) is 15.0 Å². The predicted molar refractivity (Wildman–Crippen MR) is 92.2 cm³/mol. The highest BCUT2D eigenvalue weighted by Gasteiger charge is 2.09. The van der Waals surface area contributed by atoms with Gasteiger partial charge in [0.05, 0.1) is 11.4 Å². The van der Waals surface area contributed by atoms with E-state index in [1.165, 1.54) is 6.07 Å². The van der Waals surface area contributed by atoms with Gasteiger partial charge in [0.2, 0.25) is 5.95 Å². The zero-order chi connectivity index (χ0) is 16.2. The highest BCUT2D eigenvalue weighted by molar-refractivity contribution is 9.10. The molecule has 0 fully saturated rings. The number of halogens is 2. The molecule has 0 aliphatic carbocycles. The number of hydrogen-bond donors (Lipinski definition) is 2. The maximum Gasteiger partial charge on any atom is 0.224 e. The standard InChI is InChI=1S/C16H13BrFN5/c1-19-16-22-14(10-4-6-20-7-5-10)9-15(23-16)21-13-3-2-11(17)8-12(13)18/h2-9H,1H3,(H2,19,21,22,23). The molecule has 3 rings (SSSR count). The van der Waals surface area contributed by atoms with Crippen LogP contribution in [0.25, 0.3) is 11.3 Å². The molecule has 0 amide bonds. The van der Waals surface area contributed by atoms with Crippen LogP contribution in [-0.2, 0) is 0 Å². The molecular weight excluding hydrogens is 361 g/mol. The molecule has 2 heterocycles. The van der Waals surface area contributed by atoms with Crippen LogP contribution < -0.4 is 10.6 Å². The fourth-order valence-electron chi connectivity index (χ4n) is 2.02. The monoisotopic (exact) mass is 373 g/mol. The van der Waals surface area contributed by atoms with Gasteiger partial charge < -0.3 is 10.6 Å². The Hall–Kier alpha value is -2.54. The van der Waals surface area contributed by atoms with Crippen molar-refractivity contribution in [3.05, 3.63) is 59.1 Å². The lowest BCUT2D eigenvalue weighted by Gasteiger charge is -2.10. The van der Waals surface area contributed by atoms with Crippen molar-refractivity contribution in [2.75, 3.05) is 17.7 Å². The fourth-order valence-corrected chi connectivity index (χ4v) is 2.36. The molecule has 0 spiro atoms. The van der Waals surface area contributed by atoms with E-state index < -0.39 is 0 Å². The van der Waals surface area contributed by atoms with Crippen molar-refractivity contribution in [3.63, 3.8) is 0 Å². The number of pyridine rings is 1. The van der Waals surface area contributed by atoms with Crippen molar-refractivity contribution < 1.29 is 4.39 Å². The van der Waals surface area contributed by atoms with Crippen LogP contribution >= 0.6 is 15.9 Å². The quantitative estimate of drug-likeness (QED) is 0.716. The maximum atomic E-state index is 14.0. The van der Waals surface area contributed by atoms with E-state index in [1.807, 2.05) is 12.1 Å². The van der Waals surface area contributed by atoms with Gasteiger partial charge in [-0.25, -0.2) is 9.37 Å². The molecule has 2 aromatic heterocycles. The molecule has 5 nitrogen and oxygen atoms in total. The SMILES string of the molecule is CNc1nc(Nc2ccc(Br)cc2F)cc(-c2ccncc2)n1. The van der Waals surface area contributed by atoms with Crippen molar-refractivity contribution in [3.8, 4) is 11.3 Å². The van der Waals surface area contributed by atoms with Gasteiger partial charge in [-0.2, -0.15) is 4.98 Å². The van der Waals surface area contributed by atoms with E-state index in [-0.39, 0.29) is 5.82 Å². The van der Waals surface area contributed by atoms with Crippen molar-refractivity contribution >= 4 is 33.4 Å². The molecule has 0 aliphatic rings. The van der Waals surface area contributed by atoms with Gasteiger partial charge in [0.1, 0.15) is 11.6 Å². The Morgan fingerprint density at radius 1 is 1.04 bits per heavy atom. The Morgan fingerprint density at radius 2 is 1.83 bits per heavy atom. The number of hydrogen-bond acceptors (Lipinski definition) is 5. The predicted octanol–water partition coefficient (Wildman–Crippen LogP) is 4.23. The van der Waals surface area contributed by atoms with E-state index in [2.05, 4.69) is 41.5 Å². The van der Waals surface area contributed by atoms with Crippen molar-refractivity contribution in [2.45, 2.75) is 0 Å². The lowest BCUT2D eigenvalue weighted by atomic mass is 10.2. The second-order valence-electron chi connectivity index (χ2n) is 4.70. The molecule has 7 heteroatoms. The summed E-state index contributed by atoms with van der Waals surface area (Å²) in [5.74, 6) is 0.575. The number of rotatable bonds is 4. The summed E-state index contributed by atoms with van der Waals surface area (Å²) in [4.78, 5) is 12.7. The first-order valence-corrected chi connectivity index (χ1v) is 7.64. The minimum absolute atomic E-state index is 0.342. The highest BCUT2D eigenvalue weighted by Crippen LogP contribution is 2.25. The smallest absolute Gasteiger partial charge is 0.224 e. The van der Waals surface area contributed by atoms with Crippen LogP contribution in [0.1, 0.15) is 0 Å². The first-order chi connectivity index (χ1) is 11.2.